The molecule has 1 heterocycles. The zero-order chi connectivity index (χ0) is 20.4. The first-order valence-electron chi connectivity index (χ1n) is 8.96. The highest BCUT2D eigenvalue weighted by atomic mass is 35.5. The fourth-order valence-corrected chi connectivity index (χ4v) is 3.50. The number of nitrogens with zero attached hydrogens (tertiary/aromatic N) is 1. The van der Waals surface area contributed by atoms with Gasteiger partial charge < -0.3 is 5.32 Å². The number of anilines is 1. The van der Waals surface area contributed by atoms with Gasteiger partial charge >= 0.3 is 0 Å². The molecule has 0 aromatic heterocycles. The number of imide groups is 1. The van der Waals surface area contributed by atoms with Crippen LogP contribution < -0.4 is 5.32 Å². The number of rotatable bonds is 5. The molecule has 0 radical (unpaired) electrons. The van der Waals surface area contributed by atoms with E-state index in [4.69, 9.17) is 23.2 Å². The maximum Gasteiger partial charge on any atom is 0.278 e. The molecule has 0 spiro atoms. The largest absolute Gasteiger partial charge is 0.350 e. The van der Waals surface area contributed by atoms with E-state index in [1.54, 1.807) is 42.5 Å². The highest BCUT2D eigenvalue weighted by Gasteiger charge is 2.39. The lowest BCUT2D eigenvalue weighted by Gasteiger charge is -2.16. The molecule has 4 nitrogen and oxygen atoms in total. The number of carbonyl (C=O) groups is 2. The van der Waals surface area contributed by atoms with Crippen molar-refractivity contribution in [2.24, 2.45) is 0 Å². The van der Waals surface area contributed by atoms with Gasteiger partial charge in [0.15, 0.2) is 0 Å². The molecule has 6 heteroatoms. The van der Waals surface area contributed by atoms with Gasteiger partial charge in [0.25, 0.3) is 11.8 Å². The second kappa shape index (κ2) is 8.11. The molecule has 144 valence electrons. The van der Waals surface area contributed by atoms with Crippen LogP contribution in [0.4, 0.5) is 5.69 Å². The van der Waals surface area contributed by atoms with Gasteiger partial charge in [0.2, 0.25) is 0 Å². The van der Waals surface area contributed by atoms with Crippen LogP contribution in [0.25, 0.3) is 5.57 Å². The van der Waals surface area contributed by atoms with Crippen LogP contribution in [0.2, 0.25) is 10.0 Å². The Bertz CT molecular complexity index is 1110. The van der Waals surface area contributed by atoms with Crippen molar-refractivity contribution < 1.29 is 9.59 Å². The Hall–Kier alpha value is -3.08. The summed E-state index contributed by atoms with van der Waals surface area (Å²) in [6.45, 7) is 0.0917. The molecule has 0 saturated heterocycles. The van der Waals surface area contributed by atoms with Gasteiger partial charge in [-0.05, 0) is 41.5 Å². The van der Waals surface area contributed by atoms with Crippen LogP contribution in [0.1, 0.15) is 11.1 Å². The second-order valence-corrected chi connectivity index (χ2v) is 7.38. The van der Waals surface area contributed by atoms with Gasteiger partial charge in [-0.2, -0.15) is 0 Å². The zero-order valence-electron chi connectivity index (χ0n) is 15.2. The topological polar surface area (TPSA) is 49.4 Å². The number of carbonyl (C=O) groups excluding carboxylic acids is 2. The van der Waals surface area contributed by atoms with Gasteiger partial charge in [0.1, 0.15) is 5.70 Å². The maximum absolute atomic E-state index is 13.2. The summed E-state index contributed by atoms with van der Waals surface area (Å²) < 4.78 is 0. The molecular weight excluding hydrogens is 407 g/mol. The van der Waals surface area contributed by atoms with E-state index in [-0.39, 0.29) is 18.1 Å². The lowest BCUT2D eigenvalue weighted by molar-refractivity contribution is -0.137. The quantitative estimate of drug-likeness (QED) is 0.561. The Labute approximate surface area is 178 Å². The summed E-state index contributed by atoms with van der Waals surface area (Å²) in [6, 6.07) is 23.3. The van der Waals surface area contributed by atoms with Crippen molar-refractivity contribution in [2.75, 3.05) is 5.32 Å². The van der Waals surface area contributed by atoms with Gasteiger partial charge in [0, 0.05) is 15.7 Å². The van der Waals surface area contributed by atoms with Crippen molar-refractivity contribution >= 4 is 46.3 Å². The second-order valence-electron chi connectivity index (χ2n) is 6.54. The van der Waals surface area contributed by atoms with Crippen LogP contribution in [-0.2, 0) is 16.1 Å². The number of amides is 2. The summed E-state index contributed by atoms with van der Waals surface area (Å²) in [7, 11) is 0. The molecule has 0 aliphatic carbocycles. The van der Waals surface area contributed by atoms with E-state index in [1.165, 1.54) is 4.90 Å². The average Bonchev–Trinajstić information content (AvgIpc) is 2.95. The van der Waals surface area contributed by atoms with E-state index in [2.05, 4.69) is 5.32 Å². The van der Waals surface area contributed by atoms with Crippen LogP contribution in [0, 0.1) is 0 Å². The first-order chi connectivity index (χ1) is 14.0. The lowest BCUT2D eigenvalue weighted by atomic mass is 10.0. The molecule has 1 N–H and O–H groups in total. The van der Waals surface area contributed by atoms with Gasteiger partial charge in [-0.3, -0.25) is 14.5 Å². The summed E-state index contributed by atoms with van der Waals surface area (Å²) in [5.74, 6) is -0.778. The average molecular weight is 423 g/mol. The molecule has 0 fully saturated rings. The zero-order valence-corrected chi connectivity index (χ0v) is 16.7. The Balaban J connectivity index is 1.75. The predicted octanol–water partition coefficient (Wildman–Crippen LogP) is 5.39. The lowest BCUT2D eigenvalue weighted by Crippen LogP contribution is -2.32. The van der Waals surface area contributed by atoms with Gasteiger partial charge in [-0.1, -0.05) is 71.7 Å². The van der Waals surface area contributed by atoms with E-state index in [1.807, 2.05) is 36.4 Å². The Kier molecular flexibility index (Phi) is 5.38. The molecular formula is C23H16Cl2N2O2. The standard InChI is InChI=1S/C23H16Cl2N2O2/c24-17-12-10-15(11-13-17)20-21(26-18-7-2-1-3-8-18)23(29)27(22(20)28)14-16-6-4-5-9-19(16)25/h1-13,26H,14H2. The number of benzene rings is 3. The molecule has 2 amide bonds. The Morgan fingerprint density at radius 3 is 2.10 bits per heavy atom. The molecule has 1 aliphatic rings. The third kappa shape index (κ3) is 3.90. The minimum Gasteiger partial charge on any atom is -0.350 e. The van der Waals surface area contributed by atoms with Crippen molar-refractivity contribution in [3.05, 3.63) is 106 Å². The van der Waals surface area contributed by atoms with Crippen molar-refractivity contribution in [3.63, 3.8) is 0 Å². The van der Waals surface area contributed by atoms with Gasteiger partial charge in [0.05, 0.1) is 12.1 Å². The minimum absolute atomic E-state index is 0.0917. The summed E-state index contributed by atoms with van der Waals surface area (Å²) in [5, 5.41) is 4.17. The highest BCUT2D eigenvalue weighted by molar-refractivity contribution is 6.37. The van der Waals surface area contributed by atoms with E-state index in [0.29, 0.717) is 26.7 Å². The molecule has 1 aliphatic heterocycles. The third-order valence-corrected chi connectivity index (χ3v) is 5.25. The van der Waals surface area contributed by atoms with Crippen molar-refractivity contribution in [1.29, 1.82) is 0 Å². The summed E-state index contributed by atoms with van der Waals surface area (Å²) in [4.78, 5) is 27.7. The minimum atomic E-state index is -0.399. The van der Waals surface area contributed by atoms with Gasteiger partial charge in [-0.15, -0.1) is 0 Å². The van der Waals surface area contributed by atoms with Crippen molar-refractivity contribution in [3.8, 4) is 0 Å². The Morgan fingerprint density at radius 1 is 0.759 bits per heavy atom. The summed E-state index contributed by atoms with van der Waals surface area (Å²) in [5.41, 5.74) is 2.58. The number of hydrogen-bond donors (Lipinski definition) is 1. The SMILES string of the molecule is O=C1C(Nc2ccccc2)=C(c2ccc(Cl)cc2)C(=O)N1Cc1ccccc1Cl. The summed E-state index contributed by atoms with van der Waals surface area (Å²) in [6.07, 6.45) is 0. The normalized spacial score (nSPS) is 13.9. The first kappa shape index (κ1) is 19.2. The van der Waals surface area contributed by atoms with Crippen LogP contribution in [0.15, 0.2) is 84.6 Å². The number of para-hydroxylation sites is 1. The van der Waals surface area contributed by atoms with Gasteiger partial charge in [-0.25, -0.2) is 0 Å². The van der Waals surface area contributed by atoms with E-state index in [0.717, 1.165) is 5.69 Å². The molecule has 3 aromatic rings. The molecule has 0 saturated carbocycles. The maximum atomic E-state index is 13.2. The fraction of sp³-hybridized carbons (Fsp3) is 0.0435. The van der Waals surface area contributed by atoms with Crippen molar-refractivity contribution in [2.45, 2.75) is 6.54 Å². The van der Waals surface area contributed by atoms with E-state index >= 15 is 0 Å². The first-order valence-corrected chi connectivity index (χ1v) is 9.72. The molecule has 0 bridgehead atoms. The molecule has 29 heavy (non-hydrogen) atoms. The van der Waals surface area contributed by atoms with Crippen LogP contribution in [0.3, 0.4) is 0 Å². The molecule has 4 rings (SSSR count). The van der Waals surface area contributed by atoms with E-state index in [9.17, 15) is 9.59 Å². The smallest absolute Gasteiger partial charge is 0.278 e. The summed E-state index contributed by atoms with van der Waals surface area (Å²) >= 11 is 12.2. The monoisotopic (exact) mass is 422 g/mol. The third-order valence-electron chi connectivity index (χ3n) is 4.63. The number of nitrogens with one attached hydrogen (secondary N) is 1. The number of halogens is 2. The number of hydrogen-bond acceptors (Lipinski definition) is 3. The van der Waals surface area contributed by atoms with Crippen molar-refractivity contribution in [1.82, 2.24) is 4.90 Å². The fourth-order valence-electron chi connectivity index (χ4n) is 3.18. The molecule has 0 atom stereocenters. The molecule has 0 unspecified atom stereocenters. The predicted molar refractivity (Wildman–Crippen MR) is 115 cm³/mol. The molecule has 3 aromatic carbocycles. The van der Waals surface area contributed by atoms with Crippen LogP contribution in [0.5, 0.6) is 0 Å². The Morgan fingerprint density at radius 2 is 1.41 bits per heavy atom. The van der Waals surface area contributed by atoms with Crippen LogP contribution in [-0.4, -0.2) is 16.7 Å². The van der Waals surface area contributed by atoms with E-state index < -0.39 is 5.91 Å². The van der Waals surface area contributed by atoms with Crippen LogP contribution >= 0.6 is 23.2 Å². The highest BCUT2D eigenvalue weighted by Crippen LogP contribution is 2.32.